The molecule has 7 heteroatoms. The van der Waals surface area contributed by atoms with E-state index in [9.17, 15) is 14.4 Å². The molecule has 1 saturated heterocycles. The highest BCUT2D eigenvalue weighted by Crippen LogP contribution is 2.19. The number of benzene rings is 1. The first-order valence-electron chi connectivity index (χ1n) is 9.50. The van der Waals surface area contributed by atoms with Crippen LogP contribution in [0.2, 0.25) is 0 Å². The molecule has 0 spiro atoms. The maximum absolute atomic E-state index is 12.7. The van der Waals surface area contributed by atoms with Gasteiger partial charge < -0.3 is 19.9 Å². The molecule has 2 N–H and O–H groups in total. The van der Waals surface area contributed by atoms with E-state index in [1.54, 1.807) is 11.0 Å². The van der Waals surface area contributed by atoms with Crippen molar-refractivity contribution in [2.24, 2.45) is 5.92 Å². The minimum absolute atomic E-state index is 0.0338. The summed E-state index contributed by atoms with van der Waals surface area (Å²) >= 11 is 0. The van der Waals surface area contributed by atoms with Gasteiger partial charge in [-0.05, 0) is 44.2 Å². The van der Waals surface area contributed by atoms with Crippen molar-refractivity contribution in [3.8, 4) is 0 Å². The molecule has 0 radical (unpaired) electrons. The second-order valence-electron chi connectivity index (χ2n) is 8.42. The van der Waals surface area contributed by atoms with Crippen molar-refractivity contribution in [2.45, 2.75) is 45.8 Å². The van der Waals surface area contributed by atoms with Gasteiger partial charge in [-0.1, -0.05) is 25.1 Å². The Hall–Kier alpha value is -2.83. The van der Waals surface area contributed by atoms with E-state index in [1.807, 2.05) is 52.0 Å². The van der Waals surface area contributed by atoms with Crippen LogP contribution in [0.4, 0.5) is 4.79 Å². The van der Waals surface area contributed by atoms with E-state index in [0.29, 0.717) is 18.7 Å². The van der Waals surface area contributed by atoms with Crippen molar-refractivity contribution >= 4 is 22.9 Å². The molecule has 1 aliphatic rings. The van der Waals surface area contributed by atoms with Crippen LogP contribution in [0.25, 0.3) is 10.9 Å². The Bertz CT molecular complexity index is 945. The Balaban J connectivity index is 1.65. The van der Waals surface area contributed by atoms with Gasteiger partial charge in [-0.25, -0.2) is 4.79 Å². The highest BCUT2D eigenvalue weighted by molar-refractivity contribution is 5.83. The van der Waals surface area contributed by atoms with E-state index in [1.165, 1.54) is 0 Å². The number of nitrogens with zero attached hydrogens (tertiary/aromatic N) is 1. The molecule has 0 saturated carbocycles. The van der Waals surface area contributed by atoms with Crippen molar-refractivity contribution in [2.75, 3.05) is 13.1 Å². The third-order valence-electron chi connectivity index (χ3n) is 4.84. The average molecular weight is 385 g/mol. The second-order valence-corrected chi connectivity index (χ2v) is 8.42. The van der Waals surface area contributed by atoms with Gasteiger partial charge in [0, 0.05) is 24.2 Å². The fourth-order valence-electron chi connectivity index (χ4n) is 3.42. The quantitative estimate of drug-likeness (QED) is 0.849. The monoisotopic (exact) mass is 385 g/mol. The van der Waals surface area contributed by atoms with Crippen LogP contribution in [0.5, 0.6) is 0 Å². The maximum Gasteiger partial charge on any atom is 0.407 e. The number of fused-ring (bicyclic) bond motifs is 1. The molecular formula is C21H27N3O4. The molecule has 1 aliphatic heterocycles. The van der Waals surface area contributed by atoms with Gasteiger partial charge in [0.15, 0.2) is 0 Å². The minimum Gasteiger partial charge on any atom is -0.444 e. The van der Waals surface area contributed by atoms with E-state index in [0.717, 1.165) is 10.9 Å². The summed E-state index contributed by atoms with van der Waals surface area (Å²) in [6, 6.07) is 9.07. The predicted molar refractivity (Wildman–Crippen MR) is 107 cm³/mol. The average Bonchev–Trinajstić information content (AvgIpc) is 2.94. The van der Waals surface area contributed by atoms with E-state index in [4.69, 9.17) is 4.74 Å². The molecule has 2 aromatic rings. The number of aromatic amines is 1. The Labute approximate surface area is 164 Å². The minimum atomic E-state index is -0.571. The van der Waals surface area contributed by atoms with Crippen molar-refractivity contribution in [3.05, 3.63) is 46.2 Å². The lowest BCUT2D eigenvalue weighted by atomic mass is 10.1. The van der Waals surface area contributed by atoms with E-state index in [2.05, 4.69) is 10.3 Å². The Morgan fingerprint density at radius 1 is 1.25 bits per heavy atom. The SMILES string of the molecule is C[C@@H]1CN(C(=O)Cc2cc3ccccc3[nH]c2=O)C[C@@H]1NC(=O)OC(C)(C)C. The summed E-state index contributed by atoms with van der Waals surface area (Å²) in [6.45, 7) is 8.35. The number of likely N-dealkylation sites (tertiary alicyclic amines) is 1. The number of alkyl carbamates (subject to hydrolysis) is 1. The van der Waals surface area contributed by atoms with E-state index in [-0.39, 0.29) is 29.8 Å². The Kier molecular flexibility index (Phi) is 5.45. The molecule has 0 aliphatic carbocycles. The molecule has 2 amide bonds. The second kappa shape index (κ2) is 7.66. The van der Waals surface area contributed by atoms with Crippen molar-refractivity contribution in [3.63, 3.8) is 0 Å². The van der Waals surface area contributed by atoms with Gasteiger partial charge in [0.1, 0.15) is 5.60 Å². The number of hydrogen-bond donors (Lipinski definition) is 2. The Morgan fingerprint density at radius 2 is 1.96 bits per heavy atom. The number of amides is 2. The van der Waals surface area contributed by atoms with Gasteiger partial charge in [0.2, 0.25) is 5.91 Å². The highest BCUT2D eigenvalue weighted by atomic mass is 16.6. The zero-order valence-corrected chi connectivity index (χ0v) is 16.7. The predicted octanol–water partition coefficient (Wildman–Crippen LogP) is 2.44. The lowest BCUT2D eigenvalue weighted by molar-refractivity contribution is -0.129. The molecule has 7 nitrogen and oxygen atoms in total. The summed E-state index contributed by atoms with van der Waals surface area (Å²) in [6.07, 6.45) is -0.448. The maximum atomic E-state index is 12.7. The zero-order valence-electron chi connectivity index (χ0n) is 16.7. The molecule has 2 heterocycles. The first-order chi connectivity index (χ1) is 13.1. The van der Waals surface area contributed by atoms with Gasteiger partial charge in [-0.2, -0.15) is 0 Å². The molecule has 0 unspecified atom stereocenters. The first kappa shape index (κ1) is 19.9. The zero-order chi connectivity index (χ0) is 20.5. The van der Waals surface area contributed by atoms with Crippen LogP contribution in [0.3, 0.4) is 0 Å². The lowest BCUT2D eigenvalue weighted by Crippen LogP contribution is -2.43. The number of carbonyl (C=O) groups excluding carboxylic acids is 2. The summed E-state index contributed by atoms with van der Waals surface area (Å²) in [4.78, 5) is 41.6. The van der Waals surface area contributed by atoms with Crippen LogP contribution in [0, 0.1) is 5.92 Å². The molecule has 150 valence electrons. The summed E-state index contributed by atoms with van der Waals surface area (Å²) in [7, 11) is 0. The van der Waals surface area contributed by atoms with Crippen LogP contribution in [0.1, 0.15) is 33.3 Å². The van der Waals surface area contributed by atoms with Gasteiger partial charge in [0.05, 0.1) is 12.5 Å². The first-order valence-corrected chi connectivity index (χ1v) is 9.50. The number of aromatic nitrogens is 1. The molecule has 28 heavy (non-hydrogen) atoms. The number of ether oxygens (including phenoxy) is 1. The Morgan fingerprint density at radius 3 is 2.68 bits per heavy atom. The molecular weight excluding hydrogens is 358 g/mol. The fraction of sp³-hybridized carbons (Fsp3) is 0.476. The number of nitrogens with one attached hydrogen (secondary N) is 2. The van der Waals surface area contributed by atoms with Crippen LogP contribution in [-0.4, -0.2) is 46.6 Å². The topological polar surface area (TPSA) is 91.5 Å². The largest absolute Gasteiger partial charge is 0.444 e. The lowest BCUT2D eigenvalue weighted by Gasteiger charge is -2.23. The summed E-state index contributed by atoms with van der Waals surface area (Å²) in [5.41, 5.74) is 0.376. The van der Waals surface area contributed by atoms with E-state index < -0.39 is 11.7 Å². The van der Waals surface area contributed by atoms with E-state index >= 15 is 0 Å². The number of rotatable bonds is 3. The third kappa shape index (κ3) is 4.71. The number of carbonyl (C=O) groups is 2. The van der Waals surface area contributed by atoms with Gasteiger partial charge >= 0.3 is 6.09 Å². The van der Waals surface area contributed by atoms with Crippen LogP contribution < -0.4 is 10.9 Å². The molecule has 1 aromatic heterocycles. The van der Waals surface area contributed by atoms with Gasteiger partial charge in [0.25, 0.3) is 5.56 Å². The molecule has 3 rings (SSSR count). The summed E-state index contributed by atoms with van der Waals surface area (Å²) in [5, 5.41) is 3.74. The molecule has 0 bridgehead atoms. The van der Waals surface area contributed by atoms with Crippen molar-refractivity contribution in [1.82, 2.24) is 15.2 Å². The number of H-pyrrole nitrogens is 1. The number of pyridine rings is 1. The standard InChI is InChI=1S/C21H27N3O4/c1-13-11-24(12-17(13)23-20(27)28-21(2,3)4)18(25)10-15-9-14-7-5-6-8-16(14)22-19(15)26/h5-9,13,17H,10-12H2,1-4H3,(H,22,26)(H,23,27)/t13-,17+/m1/s1. The van der Waals surface area contributed by atoms with Gasteiger partial charge in [-0.15, -0.1) is 0 Å². The summed E-state index contributed by atoms with van der Waals surface area (Å²) in [5.74, 6) is -0.0209. The van der Waals surface area contributed by atoms with Crippen LogP contribution >= 0.6 is 0 Å². The van der Waals surface area contributed by atoms with Crippen LogP contribution in [-0.2, 0) is 16.0 Å². The van der Waals surface area contributed by atoms with Gasteiger partial charge in [-0.3, -0.25) is 9.59 Å². The number of para-hydroxylation sites is 1. The van der Waals surface area contributed by atoms with Crippen molar-refractivity contribution in [1.29, 1.82) is 0 Å². The molecule has 2 atom stereocenters. The molecule has 1 fully saturated rings. The molecule has 1 aromatic carbocycles. The summed E-state index contributed by atoms with van der Waals surface area (Å²) < 4.78 is 5.30. The van der Waals surface area contributed by atoms with Crippen molar-refractivity contribution < 1.29 is 14.3 Å². The van der Waals surface area contributed by atoms with Crippen LogP contribution in [0.15, 0.2) is 35.1 Å². The normalized spacial score (nSPS) is 19.6. The fourth-order valence-corrected chi connectivity index (χ4v) is 3.42. The smallest absolute Gasteiger partial charge is 0.407 e. The highest BCUT2D eigenvalue weighted by Gasteiger charge is 2.34. The number of hydrogen-bond acceptors (Lipinski definition) is 4. The third-order valence-corrected chi connectivity index (χ3v) is 4.84.